The van der Waals surface area contributed by atoms with Crippen molar-refractivity contribution in [1.29, 1.82) is 0 Å². The topological polar surface area (TPSA) is 20.2 Å². The third-order valence-electron chi connectivity index (χ3n) is 2.48. The Morgan fingerprint density at radius 2 is 1.83 bits per heavy atom. The molecule has 18 heavy (non-hydrogen) atoms. The molecule has 0 aromatic heterocycles. The van der Waals surface area contributed by atoms with Crippen LogP contribution in [-0.2, 0) is 6.42 Å². The molecule has 0 fully saturated rings. The first-order valence-electron chi connectivity index (χ1n) is 5.47. The number of hydrogen-bond donors (Lipinski definition) is 1. The summed E-state index contributed by atoms with van der Waals surface area (Å²) in [5.74, 6) is -2.10. The lowest BCUT2D eigenvalue weighted by Gasteiger charge is -2.12. The largest absolute Gasteiger partial charge is 0.393 e. The number of alkyl halides is 3. The van der Waals surface area contributed by atoms with Gasteiger partial charge in [-0.25, -0.2) is 8.78 Å². The number of rotatable bonds is 5. The smallest absolute Gasteiger partial charge is 0.389 e. The zero-order valence-corrected chi connectivity index (χ0v) is 9.47. The van der Waals surface area contributed by atoms with Gasteiger partial charge >= 0.3 is 6.18 Å². The Kier molecular flexibility index (Phi) is 5.07. The van der Waals surface area contributed by atoms with Crippen molar-refractivity contribution in [2.45, 2.75) is 38.0 Å². The summed E-state index contributed by atoms with van der Waals surface area (Å²) >= 11 is 0. The number of benzene rings is 1. The third-order valence-corrected chi connectivity index (χ3v) is 2.48. The lowest BCUT2D eigenvalue weighted by atomic mass is 10.0. The second-order valence-corrected chi connectivity index (χ2v) is 4.08. The van der Waals surface area contributed by atoms with Gasteiger partial charge in [-0.1, -0.05) is 12.1 Å². The molecule has 1 N–H and O–H groups in total. The molecule has 1 aromatic carbocycles. The Morgan fingerprint density at radius 1 is 1.17 bits per heavy atom. The highest BCUT2D eigenvalue weighted by Crippen LogP contribution is 2.23. The van der Waals surface area contributed by atoms with E-state index in [1.807, 2.05) is 0 Å². The molecule has 0 spiro atoms. The summed E-state index contributed by atoms with van der Waals surface area (Å²) in [5, 5.41) is 9.46. The molecule has 1 rings (SSSR count). The van der Waals surface area contributed by atoms with Crippen LogP contribution in [-0.4, -0.2) is 17.4 Å². The van der Waals surface area contributed by atoms with Gasteiger partial charge in [0.25, 0.3) is 0 Å². The minimum Gasteiger partial charge on any atom is -0.393 e. The fourth-order valence-electron chi connectivity index (χ4n) is 1.60. The molecule has 0 aliphatic rings. The van der Waals surface area contributed by atoms with Gasteiger partial charge in [0.05, 0.1) is 6.10 Å². The molecular weight excluding hydrogens is 255 g/mol. The molecule has 6 heteroatoms. The van der Waals surface area contributed by atoms with Crippen LogP contribution < -0.4 is 0 Å². The van der Waals surface area contributed by atoms with Crippen LogP contribution in [0.2, 0.25) is 0 Å². The van der Waals surface area contributed by atoms with Gasteiger partial charge in [-0.15, -0.1) is 0 Å². The first-order valence-corrected chi connectivity index (χ1v) is 5.47. The van der Waals surface area contributed by atoms with Crippen molar-refractivity contribution >= 4 is 0 Å². The lowest BCUT2D eigenvalue weighted by molar-refractivity contribution is -0.136. The lowest BCUT2D eigenvalue weighted by Crippen LogP contribution is -2.14. The predicted molar refractivity (Wildman–Crippen MR) is 56.0 cm³/mol. The molecule has 0 aliphatic heterocycles. The molecule has 0 saturated heterocycles. The first-order chi connectivity index (χ1) is 8.29. The van der Waals surface area contributed by atoms with Crippen molar-refractivity contribution in [1.82, 2.24) is 0 Å². The molecule has 1 unspecified atom stereocenters. The number of halogens is 5. The van der Waals surface area contributed by atoms with Gasteiger partial charge in [-0.2, -0.15) is 13.2 Å². The molecule has 1 nitrogen and oxygen atoms in total. The van der Waals surface area contributed by atoms with E-state index in [4.69, 9.17) is 0 Å². The number of aliphatic hydroxyl groups is 1. The molecule has 0 saturated carbocycles. The van der Waals surface area contributed by atoms with Crippen molar-refractivity contribution in [2.24, 2.45) is 0 Å². The zero-order chi connectivity index (χ0) is 13.8. The van der Waals surface area contributed by atoms with Crippen LogP contribution >= 0.6 is 0 Å². The van der Waals surface area contributed by atoms with Gasteiger partial charge in [0.1, 0.15) is 0 Å². The maximum atomic E-state index is 13.2. The summed E-state index contributed by atoms with van der Waals surface area (Å²) in [6, 6.07) is 3.52. The van der Waals surface area contributed by atoms with Gasteiger partial charge in [0, 0.05) is 12.8 Å². The second-order valence-electron chi connectivity index (χ2n) is 4.08. The SMILES string of the molecule is OC(CCCC(F)(F)F)Cc1cccc(F)c1F. The van der Waals surface area contributed by atoms with Crippen molar-refractivity contribution in [2.75, 3.05) is 0 Å². The minimum atomic E-state index is -4.26. The van der Waals surface area contributed by atoms with E-state index >= 15 is 0 Å². The van der Waals surface area contributed by atoms with E-state index in [0.717, 1.165) is 6.07 Å². The molecule has 0 heterocycles. The minimum absolute atomic E-state index is 0.0329. The van der Waals surface area contributed by atoms with E-state index in [2.05, 4.69) is 0 Å². The van der Waals surface area contributed by atoms with E-state index in [1.165, 1.54) is 12.1 Å². The van der Waals surface area contributed by atoms with Gasteiger partial charge in [0.15, 0.2) is 11.6 Å². The van der Waals surface area contributed by atoms with Crippen molar-refractivity contribution in [3.05, 3.63) is 35.4 Å². The Balaban J connectivity index is 2.45. The van der Waals surface area contributed by atoms with E-state index in [9.17, 15) is 27.1 Å². The van der Waals surface area contributed by atoms with Crippen LogP contribution in [0.5, 0.6) is 0 Å². The molecule has 1 aromatic rings. The highest BCUT2D eigenvalue weighted by molar-refractivity contribution is 5.19. The van der Waals surface area contributed by atoms with Crippen molar-refractivity contribution in [3.63, 3.8) is 0 Å². The summed E-state index contributed by atoms with van der Waals surface area (Å²) in [6.45, 7) is 0. The van der Waals surface area contributed by atoms with E-state index in [0.29, 0.717) is 0 Å². The highest BCUT2D eigenvalue weighted by Gasteiger charge is 2.26. The normalized spacial score (nSPS) is 13.7. The summed E-state index contributed by atoms with van der Waals surface area (Å²) < 4.78 is 61.6. The maximum Gasteiger partial charge on any atom is 0.389 e. The van der Waals surface area contributed by atoms with E-state index < -0.39 is 30.3 Å². The third kappa shape index (κ3) is 5.00. The fourth-order valence-corrected chi connectivity index (χ4v) is 1.60. The Labute approximate surface area is 101 Å². The second kappa shape index (κ2) is 6.13. The quantitative estimate of drug-likeness (QED) is 0.809. The first kappa shape index (κ1) is 14.9. The molecule has 0 radical (unpaired) electrons. The average molecular weight is 268 g/mol. The van der Waals surface area contributed by atoms with Gasteiger partial charge in [-0.05, 0) is 24.5 Å². The van der Waals surface area contributed by atoms with Gasteiger partial charge < -0.3 is 5.11 Å². The van der Waals surface area contributed by atoms with E-state index in [1.54, 1.807) is 0 Å². The molecule has 0 amide bonds. The summed E-state index contributed by atoms with van der Waals surface area (Å²) in [6.07, 6.45) is -6.89. The summed E-state index contributed by atoms with van der Waals surface area (Å²) in [7, 11) is 0. The van der Waals surface area contributed by atoms with Crippen LogP contribution in [0.4, 0.5) is 22.0 Å². The van der Waals surface area contributed by atoms with E-state index in [-0.39, 0.29) is 24.8 Å². The standard InChI is InChI=1S/C12H13F5O/c13-10-5-1-3-8(11(10)14)7-9(18)4-2-6-12(15,16)17/h1,3,5,9,18H,2,4,6-7H2. The molecule has 102 valence electrons. The molecule has 1 atom stereocenters. The Hall–Kier alpha value is -1.17. The number of aliphatic hydroxyl groups excluding tert-OH is 1. The van der Waals surface area contributed by atoms with Gasteiger partial charge in [0.2, 0.25) is 0 Å². The van der Waals surface area contributed by atoms with Gasteiger partial charge in [-0.3, -0.25) is 0 Å². The maximum absolute atomic E-state index is 13.2. The monoisotopic (exact) mass is 268 g/mol. The Bertz CT molecular complexity index is 389. The molecule has 0 bridgehead atoms. The summed E-state index contributed by atoms with van der Waals surface area (Å²) in [4.78, 5) is 0. The van der Waals surface area contributed by atoms with Crippen molar-refractivity contribution < 1.29 is 27.1 Å². The van der Waals surface area contributed by atoms with Crippen LogP contribution in [0.1, 0.15) is 24.8 Å². The Morgan fingerprint density at radius 3 is 2.44 bits per heavy atom. The van der Waals surface area contributed by atoms with Crippen LogP contribution in [0.3, 0.4) is 0 Å². The highest BCUT2D eigenvalue weighted by atomic mass is 19.4. The fraction of sp³-hybridized carbons (Fsp3) is 0.500. The zero-order valence-electron chi connectivity index (χ0n) is 9.47. The van der Waals surface area contributed by atoms with Crippen molar-refractivity contribution in [3.8, 4) is 0 Å². The number of hydrogen-bond acceptors (Lipinski definition) is 1. The van der Waals surface area contributed by atoms with Crippen LogP contribution in [0.25, 0.3) is 0 Å². The van der Waals surface area contributed by atoms with Crippen LogP contribution in [0.15, 0.2) is 18.2 Å². The molecule has 0 aliphatic carbocycles. The summed E-state index contributed by atoms with van der Waals surface area (Å²) in [5.41, 5.74) is -0.0329. The predicted octanol–water partition coefficient (Wildman–Crippen LogP) is 3.60. The average Bonchev–Trinajstić information content (AvgIpc) is 2.23. The van der Waals surface area contributed by atoms with Crippen LogP contribution in [0, 0.1) is 11.6 Å². The molecular formula is C12H13F5O.